The molecule has 1 heterocycles. The van der Waals surface area contributed by atoms with Crippen molar-refractivity contribution < 1.29 is 9.52 Å². The third-order valence-electron chi connectivity index (χ3n) is 9.03. The summed E-state index contributed by atoms with van der Waals surface area (Å²) in [6, 6.07) is 43.9. The highest BCUT2D eigenvalue weighted by atomic mass is 16.4. The van der Waals surface area contributed by atoms with Crippen LogP contribution in [0.2, 0.25) is 0 Å². The summed E-state index contributed by atoms with van der Waals surface area (Å²) in [5.74, 6) is 0.0447. The molecule has 1 spiro atoms. The number of phenolic OH excluding ortho intramolecular Hbond substituents is 1. The Morgan fingerprint density at radius 2 is 1.10 bits per heavy atom. The van der Waals surface area contributed by atoms with Gasteiger partial charge in [0.1, 0.15) is 11.3 Å². The molecule has 0 bridgehead atoms. The molecule has 2 aliphatic carbocycles. The lowest BCUT2D eigenvalue weighted by Gasteiger charge is -2.30. The predicted octanol–water partition coefficient (Wildman–Crippen LogP) is 8.66. The van der Waals surface area contributed by atoms with Crippen LogP contribution in [-0.2, 0) is 5.41 Å². The number of hydrogen-bond donors (Lipinski definition) is 1. The fourth-order valence-corrected chi connectivity index (χ4v) is 7.47. The molecule has 0 unspecified atom stereocenters. The fraction of sp³-hybridized carbons (Fsp3) is 0.0263. The van der Waals surface area contributed by atoms with Gasteiger partial charge in [-0.25, -0.2) is 4.79 Å². The second-order valence-electron chi connectivity index (χ2n) is 10.9. The summed E-state index contributed by atoms with van der Waals surface area (Å²) < 4.78 is 5.80. The number of benzene rings is 6. The summed E-state index contributed by atoms with van der Waals surface area (Å²) in [6.45, 7) is 0. The van der Waals surface area contributed by atoms with E-state index in [1.165, 1.54) is 50.6 Å². The molecule has 1 N–H and O–H groups in total. The van der Waals surface area contributed by atoms with E-state index < -0.39 is 11.0 Å². The van der Waals surface area contributed by atoms with Crippen molar-refractivity contribution in [2.45, 2.75) is 5.41 Å². The monoisotopic (exact) mass is 526 g/mol. The third kappa shape index (κ3) is 2.75. The number of rotatable bonds is 1. The molecular formula is C38H22O3. The van der Waals surface area contributed by atoms with Gasteiger partial charge in [0.05, 0.1) is 10.8 Å². The van der Waals surface area contributed by atoms with Gasteiger partial charge in [-0.2, -0.15) is 0 Å². The lowest BCUT2D eigenvalue weighted by atomic mass is 9.70. The first-order chi connectivity index (χ1) is 20.2. The molecule has 41 heavy (non-hydrogen) atoms. The molecule has 3 nitrogen and oxygen atoms in total. The lowest BCUT2D eigenvalue weighted by Crippen LogP contribution is -2.25. The highest BCUT2D eigenvalue weighted by Gasteiger charge is 2.51. The number of hydrogen-bond acceptors (Lipinski definition) is 3. The van der Waals surface area contributed by atoms with E-state index in [0.29, 0.717) is 11.0 Å². The van der Waals surface area contributed by atoms with Crippen molar-refractivity contribution in [3.05, 3.63) is 160 Å². The molecule has 0 saturated carbocycles. The molecular weight excluding hydrogens is 504 g/mol. The average Bonchev–Trinajstić information content (AvgIpc) is 3.49. The van der Waals surface area contributed by atoms with Crippen LogP contribution in [0, 0.1) is 0 Å². The molecule has 0 radical (unpaired) electrons. The maximum absolute atomic E-state index is 12.9. The summed E-state index contributed by atoms with van der Waals surface area (Å²) in [7, 11) is 0. The van der Waals surface area contributed by atoms with E-state index in [-0.39, 0.29) is 5.75 Å². The van der Waals surface area contributed by atoms with E-state index in [4.69, 9.17) is 4.42 Å². The predicted molar refractivity (Wildman–Crippen MR) is 163 cm³/mol. The standard InChI is InChI=1S/C38H22O3/c39-23-17-19-25-28-18-16-22(20-35(28)41-37(40)30(25)21-23)24-11-7-15-34-36(24)29-10-3-6-14-33(29)38(34)31-12-4-1-8-26(31)27-9-2-5-13-32(27)38/h1-21,39H. The molecule has 9 rings (SSSR count). The number of aromatic hydroxyl groups is 1. The topological polar surface area (TPSA) is 50.4 Å². The van der Waals surface area contributed by atoms with Gasteiger partial charge in [-0.05, 0) is 86.0 Å². The van der Waals surface area contributed by atoms with Gasteiger partial charge in [-0.3, -0.25) is 0 Å². The van der Waals surface area contributed by atoms with Crippen molar-refractivity contribution in [3.8, 4) is 39.1 Å². The molecule has 0 fully saturated rings. The smallest absolute Gasteiger partial charge is 0.344 e. The second-order valence-corrected chi connectivity index (χ2v) is 10.9. The van der Waals surface area contributed by atoms with Gasteiger partial charge in [0.25, 0.3) is 0 Å². The van der Waals surface area contributed by atoms with E-state index in [9.17, 15) is 9.90 Å². The zero-order valence-electron chi connectivity index (χ0n) is 21.9. The average molecular weight is 527 g/mol. The Bertz CT molecular complexity index is 2260. The first kappa shape index (κ1) is 22.4. The van der Waals surface area contributed by atoms with E-state index in [0.717, 1.165) is 21.9 Å². The minimum atomic E-state index is -0.456. The number of phenols is 1. The fourth-order valence-electron chi connectivity index (χ4n) is 7.47. The maximum Gasteiger partial charge on any atom is 0.344 e. The zero-order valence-corrected chi connectivity index (χ0v) is 21.9. The van der Waals surface area contributed by atoms with Crippen molar-refractivity contribution in [1.82, 2.24) is 0 Å². The van der Waals surface area contributed by atoms with Crippen LogP contribution in [0.25, 0.3) is 55.1 Å². The quantitative estimate of drug-likeness (QED) is 0.172. The van der Waals surface area contributed by atoms with Crippen molar-refractivity contribution in [3.63, 3.8) is 0 Å². The van der Waals surface area contributed by atoms with Gasteiger partial charge in [0.2, 0.25) is 0 Å². The minimum Gasteiger partial charge on any atom is -0.508 e. The van der Waals surface area contributed by atoms with Gasteiger partial charge in [0.15, 0.2) is 0 Å². The highest BCUT2D eigenvalue weighted by molar-refractivity contribution is 6.07. The summed E-state index contributed by atoms with van der Waals surface area (Å²) in [6.07, 6.45) is 0. The molecule has 6 aromatic carbocycles. The molecule has 1 aromatic heterocycles. The van der Waals surface area contributed by atoms with Crippen molar-refractivity contribution >= 4 is 21.7 Å². The molecule has 0 aliphatic heterocycles. The van der Waals surface area contributed by atoms with Crippen LogP contribution in [0.1, 0.15) is 22.3 Å². The van der Waals surface area contributed by atoms with E-state index in [1.807, 2.05) is 12.1 Å². The van der Waals surface area contributed by atoms with E-state index in [2.05, 4.69) is 97.1 Å². The molecule has 0 amide bonds. The Morgan fingerprint density at radius 3 is 1.83 bits per heavy atom. The molecule has 0 saturated heterocycles. The van der Waals surface area contributed by atoms with Gasteiger partial charge in [-0.1, -0.05) is 97.1 Å². The second kappa shape index (κ2) is 7.83. The first-order valence-electron chi connectivity index (χ1n) is 13.8. The molecule has 192 valence electrons. The number of fused-ring (bicyclic) bond motifs is 13. The van der Waals surface area contributed by atoms with Crippen LogP contribution in [0.15, 0.2) is 137 Å². The van der Waals surface area contributed by atoms with Crippen LogP contribution in [-0.4, -0.2) is 5.11 Å². The molecule has 0 atom stereocenters. The summed E-state index contributed by atoms with van der Waals surface area (Å²) >= 11 is 0. The highest BCUT2D eigenvalue weighted by Crippen LogP contribution is 2.63. The summed E-state index contributed by atoms with van der Waals surface area (Å²) in [5, 5.41) is 11.9. The Balaban J connectivity index is 1.36. The molecule has 2 aliphatic rings. The Hall–Kier alpha value is -5.41. The van der Waals surface area contributed by atoms with Gasteiger partial charge < -0.3 is 9.52 Å². The van der Waals surface area contributed by atoms with Gasteiger partial charge >= 0.3 is 5.63 Å². The largest absolute Gasteiger partial charge is 0.508 e. The van der Waals surface area contributed by atoms with Crippen LogP contribution in [0.4, 0.5) is 0 Å². The summed E-state index contributed by atoms with van der Waals surface area (Å²) in [4.78, 5) is 12.9. The Morgan fingerprint density at radius 1 is 0.512 bits per heavy atom. The van der Waals surface area contributed by atoms with Crippen LogP contribution < -0.4 is 5.63 Å². The van der Waals surface area contributed by atoms with Crippen LogP contribution >= 0.6 is 0 Å². The van der Waals surface area contributed by atoms with Crippen molar-refractivity contribution in [2.24, 2.45) is 0 Å². The third-order valence-corrected chi connectivity index (χ3v) is 9.03. The molecule has 7 aromatic rings. The van der Waals surface area contributed by atoms with Crippen molar-refractivity contribution in [1.29, 1.82) is 0 Å². The van der Waals surface area contributed by atoms with Crippen molar-refractivity contribution in [2.75, 3.05) is 0 Å². The molecule has 3 heteroatoms. The lowest BCUT2D eigenvalue weighted by molar-refractivity contribution is 0.475. The van der Waals surface area contributed by atoms with Gasteiger partial charge in [0, 0.05) is 10.8 Å². The Kier molecular flexibility index (Phi) is 4.28. The van der Waals surface area contributed by atoms with Crippen LogP contribution in [0.3, 0.4) is 0 Å². The van der Waals surface area contributed by atoms with Crippen LogP contribution in [0.5, 0.6) is 5.75 Å². The first-order valence-corrected chi connectivity index (χ1v) is 13.8. The van der Waals surface area contributed by atoms with E-state index >= 15 is 0 Å². The minimum absolute atomic E-state index is 0.0447. The van der Waals surface area contributed by atoms with E-state index in [1.54, 1.807) is 12.1 Å². The normalized spacial score (nSPS) is 13.8. The Labute approximate surface area is 235 Å². The zero-order chi connectivity index (χ0) is 27.3. The SMILES string of the molecule is O=c1oc2cc(-c3cccc4c3-c3ccccc3C43c4ccccc4-c4ccccc43)ccc2c2ccc(O)cc12. The maximum atomic E-state index is 12.9. The van der Waals surface area contributed by atoms with Gasteiger partial charge in [-0.15, -0.1) is 0 Å². The summed E-state index contributed by atoms with van der Waals surface area (Å²) in [5.41, 5.74) is 11.9.